The summed E-state index contributed by atoms with van der Waals surface area (Å²) in [6.45, 7) is 4.17. The Morgan fingerprint density at radius 2 is 1.96 bits per heavy atom. The third kappa shape index (κ3) is 3.49. The zero-order chi connectivity index (χ0) is 17.1. The van der Waals surface area contributed by atoms with Gasteiger partial charge in [-0.15, -0.1) is 0 Å². The Hall–Kier alpha value is -2.60. The fourth-order valence-electron chi connectivity index (χ4n) is 2.42. The van der Waals surface area contributed by atoms with Crippen molar-refractivity contribution in [2.75, 3.05) is 4.90 Å². The fraction of sp³-hybridized carbons (Fsp3) is 0.222. The van der Waals surface area contributed by atoms with E-state index in [0.717, 1.165) is 28.3 Å². The number of hydrogen-bond donors (Lipinski definition) is 0. The van der Waals surface area contributed by atoms with Crippen LogP contribution in [0.1, 0.15) is 17.0 Å². The molecule has 0 aliphatic heterocycles. The molecule has 0 aliphatic rings. The molecule has 0 unspecified atom stereocenters. The highest BCUT2D eigenvalue weighted by Gasteiger charge is 2.19. The highest BCUT2D eigenvalue weighted by Crippen LogP contribution is 2.19. The van der Waals surface area contributed by atoms with Crippen molar-refractivity contribution in [2.24, 2.45) is 0 Å². The number of anilines is 1. The maximum absolute atomic E-state index is 12.9. The first kappa shape index (κ1) is 16.3. The maximum atomic E-state index is 12.9. The molecule has 0 spiro atoms. The van der Waals surface area contributed by atoms with E-state index in [4.69, 9.17) is 4.42 Å². The van der Waals surface area contributed by atoms with Gasteiger partial charge in [-0.1, -0.05) is 29.0 Å². The van der Waals surface area contributed by atoms with Crippen molar-refractivity contribution in [2.45, 2.75) is 26.9 Å². The minimum Gasteiger partial charge on any atom is -0.467 e. The second-order valence-electron chi connectivity index (χ2n) is 5.62. The Morgan fingerprint density at radius 3 is 2.54 bits per heavy atom. The number of furan rings is 1. The van der Waals surface area contributed by atoms with Crippen LogP contribution in [-0.2, 0) is 17.9 Å². The topological polar surface area (TPSA) is 55.5 Å². The molecule has 2 heterocycles. The summed E-state index contributed by atoms with van der Waals surface area (Å²) in [5, 5.41) is 1.76. The first-order valence-electron chi connectivity index (χ1n) is 7.59. The van der Waals surface area contributed by atoms with Crippen molar-refractivity contribution in [3.63, 3.8) is 0 Å². The summed E-state index contributed by atoms with van der Waals surface area (Å²) in [4.78, 5) is 26.3. The standard InChI is InChI=1S/C18H18N2O3S/c1-13-5-7-15(8-6-13)20(10-16-4-3-9-23-16)17(21)11-19-14(2)12-24-18(19)22/h3-9,12H,10-11H2,1-2H3. The summed E-state index contributed by atoms with van der Waals surface area (Å²) in [6, 6.07) is 11.3. The largest absolute Gasteiger partial charge is 0.467 e. The predicted molar refractivity (Wildman–Crippen MR) is 94.4 cm³/mol. The van der Waals surface area contributed by atoms with Crippen molar-refractivity contribution >= 4 is 22.9 Å². The molecule has 2 aromatic heterocycles. The average molecular weight is 342 g/mol. The number of thiazole rings is 1. The van der Waals surface area contributed by atoms with E-state index in [2.05, 4.69) is 0 Å². The molecular weight excluding hydrogens is 324 g/mol. The molecule has 0 aliphatic carbocycles. The summed E-state index contributed by atoms with van der Waals surface area (Å²) < 4.78 is 6.88. The third-order valence-electron chi connectivity index (χ3n) is 3.81. The van der Waals surface area contributed by atoms with Crippen molar-refractivity contribution < 1.29 is 9.21 Å². The van der Waals surface area contributed by atoms with Crippen molar-refractivity contribution in [3.8, 4) is 0 Å². The number of hydrogen-bond acceptors (Lipinski definition) is 4. The van der Waals surface area contributed by atoms with Gasteiger partial charge in [0.05, 0.1) is 12.8 Å². The zero-order valence-corrected chi connectivity index (χ0v) is 14.4. The molecule has 24 heavy (non-hydrogen) atoms. The molecule has 3 aromatic rings. The number of aryl methyl sites for hydroxylation is 2. The summed E-state index contributed by atoms with van der Waals surface area (Å²) in [5.74, 6) is 0.539. The van der Waals surface area contributed by atoms with Crippen LogP contribution in [0, 0.1) is 13.8 Å². The summed E-state index contributed by atoms with van der Waals surface area (Å²) in [6.07, 6.45) is 1.58. The minimum atomic E-state index is -0.154. The van der Waals surface area contributed by atoms with E-state index in [1.165, 1.54) is 4.57 Å². The zero-order valence-electron chi connectivity index (χ0n) is 13.6. The van der Waals surface area contributed by atoms with E-state index in [1.807, 2.05) is 44.2 Å². The first-order chi connectivity index (χ1) is 11.5. The highest BCUT2D eigenvalue weighted by molar-refractivity contribution is 7.07. The van der Waals surface area contributed by atoms with E-state index < -0.39 is 0 Å². The van der Waals surface area contributed by atoms with Crippen LogP contribution in [0.5, 0.6) is 0 Å². The van der Waals surface area contributed by atoms with Crippen LogP contribution >= 0.6 is 11.3 Å². The lowest BCUT2D eigenvalue weighted by Gasteiger charge is -2.22. The van der Waals surface area contributed by atoms with Gasteiger partial charge in [0.25, 0.3) is 0 Å². The molecule has 5 nitrogen and oxygen atoms in total. The number of nitrogens with zero attached hydrogens (tertiary/aromatic N) is 2. The van der Waals surface area contributed by atoms with Crippen molar-refractivity contribution in [1.82, 2.24) is 4.57 Å². The molecule has 6 heteroatoms. The van der Waals surface area contributed by atoms with Crippen LogP contribution in [0.4, 0.5) is 5.69 Å². The Kier molecular flexibility index (Phi) is 4.66. The van der Waals surface area contributed by atoms with Gasteiger partial charge in [-0.05, 0) is 38.1 Å². The smallest absolute Gasteiger partial charge is 0.307 e. The van der Waals surface area contributed by atoms with E-state index in [1.54, 1.807) is 22.6 Å². The van der Waals surface area contributed by atoms with Crippen LogP contribution in [-0.4, -0.2) is 10.5 Å². The normalized spacial score (nSPS) is 10.8. The van der Waals surface area contributed by atoms with Crippen molar-refractivity contribution in [3.05, 3.63) is 74.7 Å². The van der Waals surface area contributed by atoms with Gasteiger partial charge in [0, 0.05) is 16.8 Å². The van der Waals surface area contributed by atoms with Gasteiger partial charge in [0.15, 0.2) is 0 Å². The Balaban J connectivity index is 1.90. The van der Waals surface area contributed by atoms with Crippen LogP contribution in [0.3, 0.4) is 0 Å². The Morgan fingerprint density at radius 1 is 1.21 bits per heavy atom. The van der Waals surface area contributed by atoms with Gasteiger partial charge in [0.2, 0.25) is 5.91 Å². The molecule has 0 atom stereocenters. The molecule has 1 amide bonds. The molecule has 0 radical (unpaired) electrons. The second kappa shape index (κ2) is 6.88. The number of aromatic nitrogens is 1. The lowest BCUT2D eigenvalue weighted by molar-refractivity contribution is -0.119. The van der Waals surface area contributed by atoms with Gasteiger partial charge in [0.1, 0.15) is 12.3 Å². The summed E-state index contributed by atoms with van der Waals surface area (Å²) in [5.41, 5.74) is 2.69. The van der Waals surface area contributed by atoms with Crippen LogP contribution in [0.15, 0.2) is 57.3 Å². The quantitative estimate of drug-likeness (QED) is 0.714. The molecule has 0 saturated heterocycles. The SMILES string of the molecule is Cc1ccc(N(Cc2ccco2)C(=O)Cn2c(C)csc2=O)cc1. The average Bonchev–Trinajstić information content (AvgIpc) is 3.19. The van der Waals surface area contributed by atoms with Crippen LogP contribution < -0.4 is 9.77 Å². The number of carbonyl (C=O) groups excluding carboxylic acids is 1. The first-order valence-corrected chi connectivity index (χ1v) is 8.47. The van der Waals surface area contributed by atoms with Crippen LogP contribution in [0.25, 0.3) is 0 Å². The van der Waals surface area contributed by atoms with Crippen molar-refractivity contribution in [1.29, 1.82) is 0 Å². The summed E-state index contributed by atoms with van der Waals surface area (Å²) in [7, 11) is 0. The van der Waals surface area contributed by atoms with Gasteiger partial charge >= 0.3 is 4.87 Å². The molecule has 0 fully saturated rings. The lowest BCUT2D eigenvalue weighted by Crippen LogP contribution is -2.35. The third-order valence-corrected chi connectivity index (χ3v) is 4.69. The molecule has 0 N–H and O–H groups in total. The summed E-state index contributed by atoms with van der Waals surface area (Å²) >= 11 is 1.11. The molecule has 3 rings (SSSR count). The van der Waals surface area contributed by atoms with Gasteiger partial charge in [-0.25, -0.2) is 0 Å². The van der Waals surface area contributed by atoms with E-state index in [9.17, 15) is 9.59 Å². The molecule has 124 valence electrons. The van der Waals surface area contributed by atoms with Gasteiger partial charge < -0.3 is 9.32 Å². The Labute approximate surface area is 143 Å². The van der Waals surface area contributed by atoms with E-state index in [0.29, 0.717) is 12.3 Å². The van der Waals surface area contributed by atoms with E-state index in [-0.39, 0.29) is 17.3 Å². The number of carbonyl (C=O) groups is 1. The molecule has 1 aromatic carbocycles. The predicted octanol–water partition coefficient (Wildman–Crippen LogP) is 3.35. The molecule has 0 saturated carbocycles. The van der Waals surface area contributed by atoms with Gasteiger partial charge in [-0.2, -0.15) is 0 Å². The number of rotatable bonds is 5. The number of benzene rings is 1. The van der Waals surface area contributed by atoms with Gasteiger partial charge in [-0.3, -0.25) is 14.2 Å². The number of amides is 1. The minimum absolute atomic E-state index is 0.0166. The maximum Gasteiger partial charge on any atom is 0.307 e. The monoisotopic (exact) mass is 342 g/mol. The molecular formula is C18H18N2O3S. The van der Waals surface area contributed by atoms with E-state index >= 15 is 0 Å². The Bertz CT molecular complexity index is 876. The second-order valence-corrected chi connectivity index (χ2v) is 6.44. The highest BCUT2D eigenvalue weighted by atomic mass is 32.1. The lowest BCUT2D eigenvalue weighted by atomic mass is 10.2. The molecule has 0 bridgehead atoms. The fourth-order valence-corrected chi connectivity index (χ4v) is 3.16. The van der Waals surface area contributed by atoms with Crippen LogP contribution in [0.2, 0.25) is 0 Å².